The molecule has 0 amide bonds. The van der Waals surface area contributed by atoms with E-state index < -0.39 is 0 Å². The molecular formula is C20H38O2. The second-order valence-electron chi connectivity index (χ2n) is 8.21. The van der Waals surface area contributed by atoms with Gasteiger partial charge in [-0.25, -0.2) is 0 Å². The maximum Gasteiger partial charge on any atom is 0.0577 e. The maximum atomic E-state index is 6.25. The predicted octanol–water partition coefficient (Wildman–Crippen LogP) is 5.45. The fourth-order valence-electron chi connectivity index (χ4n) is 4.51. The summed E-state index contributed by atoms with van der Waals surface area (Å²) in [6.07, 6.45) is 12.9. The molecule has 130 valence electrons. The van der Waals surface area contributed by atoms with Crippen molar-refractivity contribution in [3.63, 3.8) is 0 Å². The Morgan fingerprint density at radius 1 is 0.864 bits per heavy atom. The molecule has 0 aromatic carbocycles. The Balaban J connectivity index is 1.65. The van der Waals surface area contributed by atoms with Crippen LogP contribution < -0.4 is 0 Å². The molecule has 0 aromatic rings. The molecule has 0 aliphatic heterocycles. The molecule has 1 unspecified atom stereocenters. The molecule has 0 spiro atoms. The van der Waals surface area contributed by atoms with Gasteiger partial charge in [0.15, 0.2) is 0 Å². The van der Waals surface area contributed by atoms with Crippen molar-refractivity contribution in [3.8, 4) is 0 Å². The van der Waals surface area contributed by atoms with Crippen molar-refractivity contribution in [2.75, 3.05) is 13.7 Å². The van der Waals surface area contributed by atoms with E-state index in [2.05, 4.69) is 20.8 Å². The van der Waals surface area contributed by atoms with Crippen molar-refractivity contribution in [3.05, 3.63) is 0 Å². The van der Waals surface area contributed by atoms with Gasteiger partial charge in [0.05, 0.1) is 12.2 Å². The van der Waals surface area contributed by atoms with Crippen molar-refractivity contribution in [1.82, 2.24) is 0 Å². The van der Waals surface area contributed by atoms with Crippen molar-refractivity contribution in [2.24, 2.45) is 23.7 Å². The minimum atomic E-state index is 0.507. The Kier molecular flexibility index (Phi) is 7.70. The van der Waals surface area contributed by atoms with Gasteiger partial charge in [-0.2, -0.15) is 0 Å². The molecule has 0 heterocycles. The van der Waals surface area contributed by atoms with E-state index in [4.69, 9.17) is 9.47 Å². The van der Waals surface area contributed by atoms with Gasteiger partial charge in [-0.1, -0.05) is 46.5 Å². The van der Waals surface area contributed by atoms with Crippen LogP contribution in [-0.2, 0) is 9.47 Å². The molecule has 2 rings (SSSR count). The van der Waals surface area contributed by atoms with Crippen LogP contribution in [0.15, 0.2) is 0 Å². The second kappa shape index (κ2) is 9.27. The standard InChI is InChI=1S/C20H38O2/c1-15(2)17-7-5-10-20(13-17)22-12-11-16(3)18-8-6-9-19(14-18)21-4/h15-20H,5-14H2,1-4H3/t16?,17-,18+,19+,20+/m1/s1. The molecule has 2 nitrogen and oxygen atoms in total. The van der Waals surface area contributed by atoms with Crippen molar-refractivity contribution in [2.45, 2.75) is 90.8 Å². The molecule has 2 saturated carbocycles. The number of hydrogen-bond acceptors (Lipinski definition) is 2. The summed E-state index contributed by atoms with van der Waals surface area (Å²) < 4.78 is 11.8. The summed E-state index contributed by atoms with van der Waals surface area (Å²) >= 11 is 0. The first-order valence-corrected chi connectivity index (χ1v) is 9.74. The van der Waals surface area contributed by atoms with Gasteiger partial charge in [0, 0.05) is 13.7 Å². The maximum absolute atomic E-state index is 6.25. The normalized spacial score (nSPS) is 34.8. The quantitative estimate of drug-likeness (QED) is 0.622. The molecule has 22 heavy (non-hydrogen) atoms. The van der Waals surface area contributed by atoms with E-state index in [1.165, 1.54) is 57.8 Å². The third-order valence-electron chi connectivity index (χ3n) is 6.34. The first-order valence-electron chi connectivity index (χ1n) is 9.74. The highest BCUT2D eigenvalue weighted by molar-refractivity contribution is 4.78. The smallest absolute Gasteiger partial charge is 0.0577 e. The first-order chi connectivity index (χ1) is 10.6. The monoisotopic (exact) mass is 310 g/mol. The molecule has 0 aromatic heterocycles. The zero-order valence-electron chi connectivity index (χ0n) is 15.4. The minimum Gasteiger partial charge on any atom is -0.381 e. The lowest BCUT2D eigenvalue weighted by Gasteiger charge is -2.34. The highest BCUT2D eigenvalue weighted by Crippen LogP contribution is 2.34. The lowest BCUT2D eigenvalue weighted by molar-refractivity contribution is -0.00795. The largest absolute Gasteiger partial charge is 0.381 e. The summed E-state index contributed by atoms with van der Waals surface area (Å²) in [6, 6.07) is 0. The zero-order chi connectivity index (χ0) is 15.9. The van der Waals surface area contributed by atoms with Gasteiger partial charge in [0.2, 0.25) is 0 Å². The van der Waals surface area contributed by atoms with Crippen LogP contribution >= 0.6 is 0 Å². The second-order valence-corrected chi connectivity index (χ2v) is 8.21. The van der Waals surface area contributed by atoms with Crippen LogP contribution in [0, 0.1) is 23.7 Å². The molecule has 0 saturated heterocycles. The van der Waals surface area contributed by atoms with Gasteiger partial charge >= 0.3 is 0 Å². The lowest BCUT2D eigenvalue weighted by atomic mass is 9.78. The minimum absolute atomic E-state index is 0.507. The van der Waals surface area contributed by atoms with Gasteiger partial charge in [0.25, 0.3) is 0 Å². The number of methoxy groups -OCH3 is 1. The summed E-state index contributed by atoms with van der Waals surface area (Å²) in [5.74, 6) is 3.33. The van der Waals surface area contributed by atoms with Gasteiger partial charge in [-0.05, 0) is 55.8 Å². The topological polar surface area (TPSA) is 18.5 Å². The van der Waals surface area contributed by atoms with Gasteiger partial charge < -0.3 is 9.47 Å². The van der Waals surface area contributed by atoms with Crippen LogP contribution in [0.3, 0.4) is 0 Å². The van der Waals surface area contributed by atoms with Crippen molar-refractivity contribution < 1.29 is 9.47 Å². The Labute approximate surface area is 138 Å². The van der Waals surface area contributed by atoms with E-state index in [1.54, 1.807) is 0 Å². The number of rotatable bonds is 7. The Hall–Kier alpha value is -0.0800. The van der Waals surface area contributed by atoms with Crippen LogP contribution in [0.25, 0.3) is 0 Å². The zero-order valence-corrected chi connectivity index (χ0v) is 15.4. The van der Waals surface area contributed by atoms with Crippen LogP contribution in [0.5, 0.6) is 0 Å². The van der Waals surface area contributed by atoms with E-state index >= 15 is 0 Å². The average molecular weight is 311 g/mol. The van der Waals surface area contributed by atoms with Gasteiger partial charge in [-0.3, -0.25) is 0 Å². The van der Waals surface area contributed by atoms with E-state index in [-0.39, 0.29) is 0 Å². The van der Waals surface area contributed by atoms with E-state index in [9.17, 15) is 0 Å². The number of ether oxygens (including phenoxy) is 2. The van der Waals surface area contributed by atoms with Gasteiger partial charge in [0.1, 0.15) is 0 Å². The summed E-state index contributed by atoms with van der Waals surface area (Å²) in [4.78, 5) is 0. The highest BCUT2D eigenvalue weighted by atomic mass is 16.5. The molecule has 2 aliphatic carbocycles. The fourth-order valence-corrected chi connectivity index (χ4v) is 4.51. The summed E-state index contributed by atoms with van der Waals surface area (Å²) in [5, 5.41) is 0. The van der Waals surface area contributed by atoms with Crippen LogP contribution in [-0.4, -0.2) is 25.9 Å². The molecule has 0 bridgehead atoms. The third-order valence-corrected chi connectivity index (χ3v) is 6.34. The van der Waals surface area contributed by atoms with Crippen LogP contribution in [0.4, 0.5) is 0 Å². The molecule has 0 N–H and O–H groups in total. The molecule has 5 atom stereocenters. The van der Waals surface area contributed by atoms with Crippen molar-refractivity contribution >= 4 is 0 Å². The van der Waals surface area contributed by atoms with Gasteiger partial charge in [-0.15, -0.1) is 0 Å². The first kappa shape index (κ1) is 18.3. The average Bonchev–Trinajstić information content (AvgIpc) is 2.55. The summed E-state index contributed by atoms with van der Waals surface area (Å²) in [5.41, 5.74) is 0. The highest BCUT2D eigenvalue weighted by Gasteiger charge is 2.27. The molecule has 2 heteroatoms. The van der Waals surface area contributed by atoms with Crippen molar-refractivity contribution in [1.29, 1.82) is 0 Å². The summed E-state index contributed by atoms with van der Waals surface area (Å²) in [6.45, 7) is 8.11. The van der Waals surface area contributed by atoms with E-state index in [0.29, 0.717) is 12.2 Å². The number of hydrogen-bond donors (Lipinski definition) is 0. The van der Waals surface area contributed by atoms with Crippen LogP contribution in [0.1, 0.15) is 78.6 Å². The summed E-state index contributed by atoms with van der Waals surface area (Å²) in [7, 11) is 1.87. The van der Waals surface area contributed by atoms with E-state index in [0.717, 1.165) is 30.3 Å². The lowest BCUT2D eigenvalue weighted by Crippen LogP contribution is -2.28. The SMILES string of the molecule is CO[C@H]1CCC[C@H](C(C)CCO[C@H]2CCC[C@@H](C(C)C)C2)C1. The Morgan fingerprint density at radius 3 is 2.18 bits per heavy atom. The molecule has 2 aliphatic rings. The molecular weight excluding hydrogens is 272 g/mol. The molecule has 2 fully saturated rings. The Morgan fingerprint density at radius 2 is 1.50 bits per heavy atom. The third kappa shape index (κ3) is 5.53. The Bertz CT molecular complexity index is 302. The van der Waals surface area contributed by atoms with E-state index in [1.807, 2.05) is 7.11 Å². The fraction of sp³-hybridized carbons (Fsp3) is 1.00. The predicted molar refractivity (Wildman–Crippen MR) is 93.1 cm³/mol. The molecule has 0 radical (unpaired) electrons. The van der Waals surface area contributed by atoms with Crippen LogP contribution in [0.2, 0.25) is 0 Å².